The molecule has 1 unspecified atom stereocenters. The molecule has 1 aromatic carbocycles. The summed E-state index contributed by atoms with van der Waals surface area (Å²) in [7, 11) is 0. The van der Waals surface area contributed by atoms with E-state index < -0.39 is 10.8 Å². The lowest BCUT2D eigenvalue weighted by molar-refractivity contribution is -0.384. The van der Waals surface area contributed by atoms with Gasteiger partial charge in [-0.1, -0.05) is 12.8 Å². The van der Waals surface area contributed by atoms with Crippen molar-refractivity contribution in [3.63, 3.8) is 0 Å². The topological polar surface area (TPSA) is 72.2 Å². The zero-order valence-corrected chi connectivity index (χ0v) is 11.8. The first-order valence-corrected chi connectivity index (χ1v) is 6.28. The summed E-state index contributed by atoms with van der Waals surface area (Å²) in [5.41, 5.74) is 0.146. The minimum absolute atomic E-state index is 0.116. The second kappa shape index (κ2) is 6.35. The first-order chi connectivity index (χ1) is 8.49. The molecule has 0 heterocycles. The van der Waals surface area contributed by atoms with Crippen LogP contribution in [-0.4, -0.2) is 16.9 Å². The van der Waals surface area contributed by atoms with Gasteiger partial charge in [0.15, 0.2) is 0 Å². The van der Waals surface area contributed by atoms with Gasteiger partial charge >= 0.3 is 0 Å². The number of non-ortho nitro benzene ring substituents is 1. The predicted molar refractivity (Wildman–Crippen MR) is 76.2 cm³/mol. The third-order valence-electron chi connectivity index (χ3n) is 2.32. The van der Waals surface area contributed by atoms with Gasteiger partial charge in [0.1, 0.15) is 0 Å². The van der Waals surface area contributed by atoms with Crippen LogP contribution in [0.4, 0.5) is 5.69 Å². The van der Waals surface area contributed by atoms with Gasteiger partial charge in [-0.15, -0.1) is 6.42 Å². The van der Waals surface area contributed by atoms with Gasteiger partial charge in [0, 0.05) is 15.7 Å². The molecule has 0 aliphatic rings. The summed E-state index contributed by atoms with van der Waals surface area (Å²) < 4.78 is 0.641. The van der Waals surface area contributed by atoms with Crippen LogP contribution in [0.5, 0.6) is 0 Å². The Morgan fingerprint density at radius 2 is 2.33 bits per heavy atom. The van der Waals surface area contributed by atoms with Gasteiger partial charge in [0.2, 0.25) is 0 Å². The van der Waals surface area contributed by atoms with E-state index in [4.69, 9.17) is 6.42 Å². The number of halogens is 1. The maximum Gasteiger partial charge on any atom is 0.270 e. The molecule has 0 aliphatic heterocycles. The van der Waals surface area contributed by atoms with Crippen molar-refractivity contribution in [2.45, 2.75) is 19.4 Å². The van der Waals surface area contributed by atoms with E-state index in [1.807, 2.05) is 29.5 Å². The van der Waals surface area contributed by atoms with E-state index in [-0.39, 0.29) is 17.3 Å². The highest BCUT2D eigenvalue weighted by atomic mass is 127. The molecule has 1 rings (SSSR count). The molecule has 0 radical (unpaired) electrons. The Kier molecular flexibility index (Phi) is 5.09. The van der Waals surface area contributed by atoms with Crippen molar-refractivity contribution in [3.8, 4) is 12.3 Å². The summed E-state index contributed by atoms with van der Waals surface area (Å²) in [5, 5.41) is 13.3. The van der Waals surface area contributed by atoms with E-state index in [0.29, 0.717) is 9.99 Å². The average Bonchev–Trinajstić information content (AvgIpc) is 2.35. The van der Waals surface area contributed by atoms with Crippen LogP contribution in [0.2, 0.25) is 0 Å². The predicted octanol–water partition coefficient (Wildman–Crippen LogP) is 2.34. The van der Waals surface area contributed by atoms with Gasteiger partial charge in [-0.2, -0.15) is 0 Å². The highest BCUT2D eigenvalue weighted by molar-refractivity contribution is 14.1. The highest BCUT2D eigenvalue weighted by Crippen LogP contribution is 2.19. The minimum Gasteiger partial charge on any atom is -0.338 e. The first-order valence-electron chi connectivity index (χ1n) is 5.20. The number of nitrogens with zero attached hydrogens (tertiary/aromatic N) is 1. The third kappa shape index (κ3) is 3.43. The van der Waals surface area contributed by atoms with Crippen LogP contribution >= 0.6 is 22.6 Å². The van der Waals surface area contributed by atoms with E-state index in [1.54, 1.807) is 0 Å². The Hall–Kier alpha value is -1.62. The van der Waals surface area contributed by atoms with E-state index in [1.165, 1.54) is 18.2 Å². The van der Waals surface area contributed by atoms with E-state index in [9.17, 15) is 14.9 Å². The van der Waals surface area contributed by atoms with E-state index in [0.717, 1.165) is 0 Å². The fourth-order valence-corrected chi connectivity index (χ4v) is 1.88. The molecular formula is C12H11IN2O3. The molecule has 6 heteroatoms. The van der Waals surface area contributed by atoms with Crippen LogP contribution in [0.15, 0.2) is 18.2 Å². The maximum absolute atomic E-state index is 11.9. The first kappa shape index (κ1) is 14.4. The summed E-state index contributed by atoms with van der Waals surface area (Å²) >= 11 is 1.95. The number of hydrogen-bond acceptors (Lipinski definition) is 3. The molecule has 0 saturated heterocycles. The quantitative estimate of drug-likeness (QED) is 0.389. The Bertz CT molecular complexity index is 523. The second-order valence-corrected chi connectivity index (χ2v) is 4.68. The minimum atomic E-state index is -0.536. The van der Waals surface area contributed by atoms with E-state index in [2.05, 4.69) is 11.2 Å². The molecule has 5 nitrogen and oxygen atoms in total. The summed E-state index contributed by atoms with van der Waals surface area (Å²) in [4.78, 5) is 22.1. The number of nitro benzene ring substituents is 1. The van der Waals surface area contributed by atoms with Crippen LogP contribution in [0, 0.1) is 26.0 Å². The number of carbonyl (C=O) groups is 1. The van der Waals surface area contributed by atoms with Gasteiger partial charge in [0.25, 0.3) is 11.6 Å². The van der Waals surface area contributed by atoms with Crippen LogP contribution < -0.4 is 5.32 Å². The van der Waals surface area contributed by atoms with Gasteiger partial charge in [-0.3, -0.25) is 14.9 Å². The van der Waals surface area contributed by atoms with E-state index >= 15 is 0 Å². The zero-order valence-electron chi connectivity index (χ0n) is 9.64. The Morgan fingerprint density at radius 1 is 1.67 bits per heavy atom. The number of nitro groups is 1. The van der Waals surface area contributed by atoms with Crippen LogP contribution in [0.25, 0.3) is 0 Å². The third-order valence-corrected chi connectivity index (χ3v) is 3.26. The molecule has 1 atom stereocenters. The van der Waals surface area contributed by atoms with Crippen LogP contribution in [0.3, 0.4) is 0 Å². The number of terminal acetylenes is 1. The molecular weight excluding hydrogens is 347 g/mol. The molecule has 0 bridgehead atoms. The standard InChI is InChI=1S/C12H11IN2O3/c1-3-8(4-2)14-12(16)10-7-9(15(17)18)5-6-11(10)13/h1,5-8H,4H2,2H3,(H,14,16). The Balaban J connectivity index is 3.02. The normalized spacial score (nSPS) is 11.4. The Labute approximate surface area is 118 Å². The highest BCUT2D eigenvalue weighted by Gasteiger charge is 2.17. The molecule has 1 amide bonds. The molecule has 0 saturated carbocycles. The lowest BCUT2D eigenvalue weighted by atomic mass is 10.1. The maximum atomic E-state index is 11.9. The molecule has 94 valence electrons. The SMILES string of the molecule is C#CC(CC)NC(=O)c1cc([N+](=O)[O-])ccc1I. The molecule has 0 aliphatic carbocycles. The fourth-order valence-electron chi connectivity index (χ4n) is 1.30. The van der Waals surface area contributed by atoms with Gasteiger partial charge in [0.05, 0.1) is 16.5 Å². The van der Waals surface area contributed by atoms with Gasteiger partial charge in [-0.05, 0) is 35.1 Å². The second-order valence-electron chi connectivity index (χ2n) is 3.52. The monoisotopic (exact) mass is 358 g/mol. The summed E-state index contributed by atoms with van der Waals surface area (Å²) in [6.07, 6.45) is 5.86. The lowest BCUT2D eigenvalue weighted by Crippen LogP contribution is -2.33. The number of hydrogen-bond donors (Lipinski definition) is 1. The van der Waals surface area contributed by atoms with Crippen molar-refractivity contribution >= 4 is 34.2 Å². The van der Waals surface area contributed by atoms with Crippen molar-refractivity contribution in [2.24, 2.45) is 0 Å². The zero-order chi connectivity index (χ0) is 13.7. The van der Waals surface area contributed by atoms with Crippen molar-refractivity contribution in [1.29, 1.82) is 0 Å². The summed E-state index contributed by atoms with van der Waals surface area (Å²) in [5.74, 6) is 2.05. The van der Waals surface area contributed by atoms with Crippen molar-refractivity contribution in [1.82, 2.24) is 5.32 Å². The largest absolute Gasteiger partial charge is 0.338 e. The van der Waals surface area contributed by atoms with Crippen molar-refractivity contribution in [2.75, 3.05) is 0 Å². The number of rotatable bonds is 4. The molecule has 0 spiro atoms. The number of carbonyl (C=O) groups excluding carboxylic acids is 1. The van der Waals surface area contributed by atoms with Crippen molar-refractivity contribution in [3.05, 3.63) is 37.4 Å². The van der Waals surface area contributed by atoms with Gasteiger partial charge < -0.3 is 5.32 Å². The smallest absolute Gasteiger partial charge is 0.270 e. The molecule has 1 N–H and O–H groups in total. The summed E-state index contributed by atoms with van der Waals surface area (Å²) in [6.45, 7) is 1.85. The Morgan fingerprint density at radius 3 is 2.83 bits per heavy atom. The van der Waals surface area contributed by atoms with Crippen molar-refractivity contribution < 1.29 is 9.72 Å². The summed E-state index contributed by atoms with van der Waals surface area (Å²) in [6, 6.07) is 3.77. The van der Waals surface area contributed by atoms with Crippen LogP contribution in [0.1, 0.15) is 23.7 Å². The lowest BCUT2D eigenvalue weighted by Gasteiger charge is -2.11. The van der Waals surface area contributed by atoms with Crippen LogP contribution in [-0.2, 0) is 0 Å². The molecule has 0 fully saturated rings. The molecule has 1 aromatic rings. The molecule has 0 aromatic heterocycles. The number of nitrogens with one attached hydrogen (secondary N) is 1. The number of amides is 1. The fraction of sp³-hybridized carbons (Fsp3) is 0.250. The number of benzene rings is 1. The van der Waals surface area contributed by atoms with Gasteiger partial charge in [-0.25, -0.2) is 0 Å². The molecule has 18 heavy (non-hydrogen) atoms. The average molecular weight is 358 g/mol.